The van der Waals surface area contributed by atoms with Crippen LogP contribution < -0.4 is 0 Å². The van der Waals surface area contributed by atoms with E-state index in [1.807, 2.05) is 0 Å². The molecule has 240 valence electrons. The molecule has 0 unspecified atom stereocenters. The topological polar surface area (TPSA) is 9.86 Å². The fourth-order valence-electron chi connectivity index (χ4n) is 9.02. The molecule has 8 aromatic carbocycles. The minimum atomic E-state index is -0.120. The normalized spacial score (nSPS) is 13.5. The maximum atomic E-state index is 2.46. The number of aromatic nitrogens is 2. The maximum Gasteiger partial charge on any atom is 0.0541 e. The molecule has 0 spiro atoms. The number of rotatable bonds is 3. The van der Waals surface area contributed by atoms with Gasteiger partial charge in [0.1, 0.15) is 0 Å². The van der Waals surface area contributed by atoms with E-state index >= 15 is 0 Å². The summed E-state index contributed by atoms with van der Waals surface area (Å²) in [6.07, 6.45) is 0. The molecule has 2 nitrogen and oxygen atoms in total. The van der Waals surface area contributed by atoms with Gasteiger partial charge in [-0.25, -0.2) is 0 Å². The zero-order valence-electron chi connectivity index (χ0n) is 28.6. The van der Waals surface area contributed by atoms with E-state index in [4.69, 9.17) is 0 Å². The van der Waals surface area contributed by atoms with Gasteiger partial charge in [-0.05, 0) is 105 Å². The van der Waals surface area contributed by atoms with E-state index in [0.29, 0.717) is 0 Å². The predicted octanol–water partition coefficient (Wildman–Crippen LogP) is 13.0. The van der Waals surface area contributed by atoms with Crippen LogP contribution in [-0.4, -0.2) is 9.13 Å². The number of benzene rings is 8. The summed E-state index contributed by atoms with van der Waals surface area (Å²) in [4.78, 5) is 0. The smallest absolute Gasteiger partial charge is 0.0541 e. The van der Waals surface area contributed by atoms with E-state index in [9.17, 15) is 0 Å². The quantitative estimate of drug-likeness (QED) is 0.180. The fourth-order valence-corrected chi connectivity index (χ4v) is 9.02. The van der Waals surface area contributed by atoms with Crippen LogP contribution in [0.5, 0.6) is 0 Å². The van der Waals surface area contributed by atoms with Crippen LogP contribution in [0, 0.1) is 0 Å². The lowest BCUT2D eigenvalue weighted by Gasteiger charge is -2.22. The molecule has 0 N–H and O–H groups in total. The van der Waals surface area contributed by atoms with Crippen LogP contribution in [-0.2, 0) is 5.41 Å². The molecule has 2 aromatic heterocycles. The van der Waals surface area contributed by atoms with Gasteiger partial charge in [-0.3, -0.25) is 0 Å². The summed E-state index contributed by atoms with van der Waals surface area (Å²) in [6, 6.07) is 63.0. The molecule has 0 fully saturated rings. The SMILES string of the molecule is CC1(C)c2cc(-c3cc(-n4c5ccccc5c5ccccc54)cc(-n4c5ccccc5c5ccccc54)c3)ccc2-c2cc3ccccc3cc21. The van der Waals surface area contributed by atoms with Crippen molar-refractivity contribution in [1.29, 1.82) is 0 Å². The number of para-hydroxylation sites is 4. The Morgan fingerprint density at radius 1 is 0.353 bits per heavy atom. The van der Waals surface area contributed by atoms with Crippen molar-refractivity contribution in [3.63, 3.8) is 0 Å². The first-order valence-electron chi connectivity index (χ1n) is 17.9. The molecule has 1 aliphatic carbocycles. The highest BCUT2D eigenvalue weighted by Crippen LogP contribution is 2.51. The molecule has 51 heavy (non-hydrogen) atoms. The molecule has 0 saturated heterocycles. The van der Waals surface area contributed by atoms with Crippen molar-refractivity contribution in [2.45, 2.75) is 19.3 Å². The van der Waals surface area contributed by atoms with Crippen LogP contribution in [0.2, 0.25) is 0 Å². The summed E-state index contributed by atoms with van der Waals surface area (Å²) >= 11 is 0. The van der Waals surface area contributed by atoms with Gasteiger partial charge in [-0.1, -0.05) is 123 Å². The molecule has 0 radical (unpaired) electrons. The largest absolute Gasteiger partial charge is 0.309 e. The Hall–Kier alpha value is -6.38. The Labute approximate surface area is 296 Å². The van der Waals surface area contributed by atoms with Crippen LogP contribution >= 0.6 is 0 Å². The van der Waals surface area contributed by atoms with Crippen LogP contribution in [0.1, 0.15) is 25.0 Å². The van der Waals surface area contributed by atoms with Crippen molar-refractivity contribution < 1.29 is 0 Å². The molecule has 2 heteroatoms. The lowest BCUT2D eigenvalue weighted by Crippen LogP contribution is -2.15. The number of hydrogen-bond acceptors (Lipinski definition) is 0. The average molecular weight is 651 g/mol. The van der Waals surface area contributed by atoms with Gasteiger partial charge in [0.05, 0.1) is 22.1 Å². The Morgan fingerprint density at radius 3 is 1.29 bits per heavy atom. The van der Waals surface area contributed by atoms with Gasteiger partial charge in [-0.2, -0.15) is 0 Å². The molecular formula is C49H34N2. The lowest BCUT2D eigenvalue weighted by atomic mass is 9.81. The van der Waals surface area contributed by atoms with Crippen LogP contribution in [0.3, 0.4) is 0 Å². The van der Waals surface area contributed by atoms with Crippen molar-refractivity contribution in [2.24, 2.45) is 0 Å². The van der Waals surface area contributed by atoms with Gasteiger partial charge in [0.25, 0.3) is 0 Å². The molecule has 0 bridgehead atoms. The molecule has 10 aromatic rings. The predicted molar refractivity (Wildman–Crippen MR) is 216 cm³/mol. The molecule has 11 rings (SSSR count). The van der Waals surface area contributed by atoms with E-state index in [2.05, 4.69) is 193 Å². The van der Waals surface area contributed by atoms with Gasteiger partial charge >= 0.3 is 0 Å². The lowest BCUT2D eigenvalue weighted by molar-refractivity contribution is 0.661. The van der Waals surface area contributed by atoms with E-state index in [-0.39, 0.29) is 5.41 Å². The minimum absolute atomic E-state index is 0.120. The number of fused-ring (bicyclic) bond motifs is 10. The summed E-state index contributed by atoms with van der Waals surface area (Å²) in [5.74, 6) is 0. The molecule has 1 aliphatic rings. The molecule has 0 atom stereocenters. The number of nitrogens with zero attached hydrogens (tertiary/aromatic N) is 2. The highest BCUT2D eigenvalue weighted by atomic mass is 15.0. The van der Waals surface area contributed by atoms with Crippen molar-refractivity contribution in [3.8, 4) is 33.6 Å². The van der Waals surface area contributed by atoms with Crippen molar-refractivity contribution in [2.75, 3.05) is 0 Å². The first-order chi connectivity index (χ1) is 25.0. The highest BCUT2D eigenvalue weighted by molar-refractivity contribution is 6.11. The Kier molecular flexibility index (Phi) is 5.76. The van der Waals surface area contributed by atoms with Crippen molar-refractivity contribution in [1.82, 2.24) is 9.13 Å². The second kappa shape index (κ2) is 10.3. The van der Waals surface area contributed by atoms with Gasteiger partial charge < -0.3 is 9.13 Å². The second-order valence-electron chi connectivity index (χ2n) is 14.6. The van der Waals surface area contributed by atoms with Crippen molar-refractivity contribution in [3.05, 3.63) is 181 Å². The van der Waals surface area contributed by atoms with E-state index in [1.165, 1.54) is 87.8 Å². The molecule has 2 heterocycles. The van der Waals surface area contributed by atoms with Crippen LogP contribution in [0.15, 0.2) is 170 Å². The third-order valence-electron chi connectivity index (χ3n) is 11.5. The second-order valence-corrected chi connectivity index (χ2v) is 14.6. The van der Waals surface area contributed by atoms with E-state index in [1.54, 1.807) is 0 Å². The summed E-state index contributed by atoms with van der Waals surface area (Å²) in [5.41, 5.74) is 14.9. The molecule has 0 saturated carbocycles. The summed E-state index contributed by atoms with van der Waals surface area (Å²) in [7, 11) is 0. The first-order valence-corrected chi connectivity index (χ1v) is 17.9. The summed E-state index contributed by atoms with van der Waals surface area (Å²) in [6.45, 7) is 4.77. The van der Waals surface area contributed by atoms with Crippen LogP contribution in [0.25, 0.3) is 88.0 Å². The van der Waals surface area contributed by atoms with Gasteiger partial charge in [0, 0.05) is 38.3 Å². The van der Waals surface area contributed by atoms with Crippen LogP contribution in [0.4, 0.5) is 0 Å². The minimum Gasteiger partial charge on any atom is -0.309 e. The average Bonchev–Trinajstić information content (AvgIpc) is 3.77. The Bertz CT molecular complexity index is 2820. The summed E-state index contributed by atoms with van der Waals surface area (Å²) in [5, 5.41) is 7.65. The van der Waals surface area contributed by atoms with Crippen molar-refractivity contribution >= 4 is 54.4 Å². The standard InChI is InChI=1S/C49H34N2/c1-49(2)43-29-33(23-24-37(43)42-27-31-13-3-4-14-32(31)28-44(42)49)34-25-35(50-45-19-9-5-15-38(45)39-16-6-10-20-46(39)50)30-36(26-34)51-47-21-11-7-17-40(47)41-18-8-12-22-48(41)51/h3-30H,1-2H3. The third-order valence-corrected chi connectivity index (χ3v) is 11.5. The van der Waals surface area contributed by atoms with E-state index in [0.717, 1.165) is 11.4 Å². The Balaban J connectivity index is 1.20. The zero-order chi connectivity index (χ0) is 33.8. The molecular weight excluding hydrogens is 617 g/mol. The maximum absolute atomic E-state index is 2.46. The Morgan fingerprint density at radius 2 is 0.784 bits per heavy atom. The zero-order valence-corrected chi connectivity index (χ0v) is 28.6. The van der Waals surface area contributed by atoms with E-state index < -0.39 is 0 Å². The first kappa shape index (κ1) is 28.5. The molecule has 0 amide bonds. The third kappa shape index (κ3) is 3.99. The van der Waals surface area contributed by atoms with Gasteiger partial charge in [0.15, 0.2) is 0 Å². The summed E-state index contributed by atoms with van der Waals surface area (Å²) < 4.78 is 4.90. The van der Waals surface area contributed by atoms with Gasteiger partial charge in [-0.15, -0.1) is 0 Å². The molecule has 0 aliphatic heterocycles. The number of hydrogen-bond donors (Lipinski definition) is 0. The fraction of sp³-hybridized carbons (Fsp3) is 0.0612. The highest BCUT2D eigenvalue weighted by Gasteiger charge is 2.36. The van der Waals surface area contributed by atoms with Gasteiger partial charge in [0.2, 0.25) is 0 Å². The monoisotopic (exact) mass is 650 g/mol.